The Morgan fingerprint density at radius 1 is 1.28 bits per heavy atom. The Labute approximate surface area is 148 Å². The summed E-state index contributed by atoms with van der Waals surface area (Å²) in [6.07, 6.45) is 6.22. The van der Waals surface area contributed by atoms with E-state index in [1.807, 2.05) is 49.5 Å². The Balaban J connectivity index is 1.99. The summed E-state index contributed by atoms with van der Waals surface area (Å²) < 4.78 is 5.53. The largest absolute Gasteiger partial charge is 0.494 e. The fraction of sp³-hybridized carbons (Fsp3) is 0.400. The summed E-state index contributed by atoms with van der Waals surface area (Å²) in [7, 11) is 0. The average Bonchev–Trinajstić information content (AvgIpc) is 2.65. The molecule has 5 nitrogen and oxygen atoms in total. The molecule has 3 rings (SSSR count). The second-order valence-corrected chi connectivity index (χ2v) is 6.28. The first-order valence-corrected chi connectivity index (χ1v) is 8.82. The van der Waals surface area contributed by atoms with Gasteiger partial charge < -0.3 is 9.84 Å². The topological polar surface area (TPSA) is 62.7 Å². The quantitative estimate of drug-likeness (QED) is 0.872. The van der Waals surface area contributed by atoms with Crippen LogP contribution in [0.2, 0.25) is 0 Å². The van der Waals surface area contributed by atoms with E-state index in [2.05, 4.69) is 9.88 Å². The molecule has 0 spiro atoms. The summed E-state index contributed by atoms with van der Waals surface area (Å²) >= 11 is 0. The third-order valence-corrected chi connectivity index (χ3v) is 4.67. The van der Waals surface area contributed by atoms with E-state index in [1.165, 1.54) is 0 Å². The highest BCUT2D eigenvalue weighted by molar-refractivity contribution is 5.73. The Morgan fingerprint density at radius 2 is 2.08 bits per heavy atom. The number of nitrogens with zero attached hydrogens (tertiary/aromatic N) is 2. The van der Waals surface area contributed by atoms with Gasteiger partial charge in [-0.2, -0.15) is 0 Å². The van der Waals surface area contributed by atoms with E-state index < -0.39 is 12.0 Å². The van der Waals surface area contributed by atoms with Gasteiger partial charge in [-0.15, -0.1) is 0 Å². The third kappa shape index (κ3) is 3.99. The molecular weight excluding hydrogens is 316 g/mol. The molecule has 2 heterocycles. The molecule has 0 bridgehead atoms. The van der Waals surface area contributed by atoms with E-state index in [9.17, 15) is 9.90 Å². The van der Waals surface area contributed by atoms with Crippen molar-refractivity contribution in [2.45, 2.75) is 38.3 Å². The lowest BCUT2D eigenvalue weighted by Crippen LogP contribution is -2.46. The second kappa shape index (κ2) is 8.12. The summed E-state index contributed by atoms with van der Waals surface area (Å²) in [5.74, 6) is 0.0733. The molecule has 0 amide bonds. The number of piperidine rings is 1. The molecule has 0 aliphatic carbocycles. The number of hydrogen-bond donors (Lipinski definition) is 1. The zero-order valence-corrected chi connectivity index (χ0v) is 14.5. The van der Waals surface area contributed by atoms with Crippen molar-refractivity contribution >= 4 is 5.97 Å². The van der Waals surface area contributed by atoms with E-state index in [1.54, 1.807) is 6.20 Å². The van der Waals surface area contributed by atoms with Crippen LogP contribution < -0.4 is 4.74 Å². The lowest BCUT2D eigenvalue weighted by molar-refractivity contribution is -0.145. The number of pyridine rings is 1. The van der Waals surface area contributed by atoms with Crippen LogP contribution in [0.25, 0.3) is 0 Å². The van der Waals surface area contributed by atoms with Crippen molar-refractivity contribution in [2.24, 2.45) is 0 Å². The van der Waals surface area contributed by atoms with Crippen molar-refractivity contribution in [2.75, 3.05) is 13.2 Å². The number of benzene rings is 1. The van der Waals surface area contributed by atoms with Crippen LogP contribution >= 0.6 is 0 Å². The first kappa shape index (κ1) is 17.4. The third-order valence-electron chi connectivity index (χ3n) is 4.67. The molecule has 5 heteroatoms. The van der Waals surface area contributed by atoms with Gasteiger partial charge in [0.1, 0.15) is 11.8 Å². The molecule has 0 radical (unpaired) electrons. The number of rotatable bonds is 6. The maximum atomic E-state index is 11.8. The van der Waals surface area contributed by atoms with Crippen molar-refractivity contribution in [3.63, 3.8) is 0 Å². The SMILES string of the molecule is CCOc1ccc(C(c2cccnc2)N2CCCCC2C(=O)O)cc1. The molecule has 1 saturated heterocycles. The Bertz CT molecular complexity index is 688. The Morgan fingerprint density at radius 3 is 2.72 bits per heavy atom. The minimum absolute atomic E-state index is 0.120. The summed E-state index contributed by atoms with van der Waals surface area (Å²) in [5.41, 5.74) is 2.07. The molecule has 1 aromatic heterocycles. The number of carboxylic acid groups (broad SMARTS) is 1. The summed E-state index contributed by atoms with van der Waals surface area (Å²) in [4.78, 5) is 18.1. The van der Waals surface area contributed by atoms with Crippen molar-refractivity contribution in [3.8, 4) is 5.75 Å². The van der Waals surface area contributed by atoms with Crippen LogP contribution in [0.3, 0.4) is 0 Å². The van der Waals surface area contributed by atoms with Gasteiger partial charge in [0.2, 0.25) is 0 Å². The van der Waals surface area contributed by atoms with Gasteiger partial charge in [0.25, 0.3) is 0 Å². The first-order valence-electron chi connectivity index (χ1n) is 8.82. The number of carbonyl (C=O) groups is 1. The monoisotopic (exact) mass is 340 g/mol. The van der Waals surface area contributed by atoms with Crippen molar-refractivity contribution < 1.29 is 14.6 Å². The van der Waals surface area contributed by atoms with Crippen LogP contribution in [0.4, 0.5) is 0 Å². The molecule has 0 saturated carbocycles. The highest BCUT2D eigenvalue weighted by atomic mass is 16.5. The van der Waals surface area contributed by atoms with Crippen molar-refractivity contribution in [3.05, 3.63) is 59.9 Å². The molecule has 2 aromatic rings. The number of aliphatic carboxylic acids is 1. The Hall–Kier alpha value is -2.40. The minimum Gasteiger partial charge on any atom is -0.494 e. The lowest BCUT2D eigenvalue weighted by Gasteiger charge is -2.39. The van der Waals surface area contributed by atoms with Gasteiger partial charge in [-0.1, -0.05) is 24.6 Å². The van der Waals surface area contributed by atoms with E-state index in [4.69, 9.17) is 4.74 Å². The smallest absolute Gasteiger partial charge is 0.320 e. The van der Waals surface area contributed by atoms with Crippen molar-refractivity contribution in [1.82, 2.24) is 9.88 Å². The van der Waals surface area contributed by atoms with E-state index in [0.717, 1.165) is 36.3 Å². The van der Waals surface area contributed by atoms with Crippen LogP contribution in [-0.4, -0.2) is 40.2 Å². The molecule has 132 valence electrons. The predicted molar refractivity (Wildman–Crippen MR) is 95.7 cm³/mol. The molecule has 1 N–H and O–H groups in total. The summed E-state index contributed by atoms with van der Waals surface area (Å²) in [6, 6.07) is 11.3. The fourth-order valence-corrected chi connectivity index (χ4v) is 3.55. The van der Waals surface area contributed by atoms with Gasteiger partial charge >= 0.3 is 5.97 Å². The van der Waals surface area contributed by atoms with Crippen LogP contribution in [0, 0.1) is 0 Å². The number of aromatic nitrogens is 1. The lowest BCUT2D eigenvalue weighted by atomic mass is 9.92. The minimum atomic E-state index is -0.750. The summed E-state index contributed by atoms with van der Waals surface area (Å²) in [5, 5.41) is 9.69. The van der Waals surface area contributed by atoms with Crippen molar-refractivity contribution in [1.29, 1.82) is 0 Å². The predicted octanol–water partition coefficient (Wildman–Crippen LogP) is 3.51. The highest BCUT2D eigenvalue weighted by Gasteiger charge is 2.35. The normalized spacial score (nSPS) is 19.3. The molecule has 2 atom stereocenters. The number of ether oxygens (including phenoxy) is 1. The van der Waals surface area contributed by atoms with Crippen LogP contribution in [0.1, 0.15) is 43.4 Å². The molecule has 2 unspecified atom stereocenters. The number of carboxylic acids is 1. The highest BCUT2D eigenvalue weighted by Crippen LogP contribution is 2.34. The van der Waals surface area contributed by atoms with E-state index in [0.29, 0.717) is 13.0 Å². The summed E-state index contributed by atoms with van der Waals surface area (Å²) in [6.45, 7) is 3.35. The van der Waals surface area contributed by atoms with E-state index in [-0.39, 0.29) is 6.04 Å². The van der Waals surface area contributed by atoms with Gasteiger partial charge in [-0.3, -0.25) is 14.7 Å². The first-order chi connectivity index (χ1) is 12.2. The Kier molecular flexibility index (Phi) is 5.66. The van der Waals surface area contributed by atoms with Crippen LogP contribution in [-0.2, 0) is 4.79 Å². The van der Waals surface area contributed by atoms with Gasteiger partial charge in [-0.25, -0.2) is 0 Å². The second-order valence-electron chi connectivity index (χ2n) is 6.28. The van der Waals surface area contributed by atoms with E-state index >= 15 is 0 Å². The standard InChI is InChI=1S/C20H24N2O3/c1-2-25-17-10-8-15(9-11-17)19(16-6-5-12-21-14-16)22-13-4-3-7-18(22)20(23)24/h5-6,8-12,14,18-19H,2-4,7,13H2,1H3,(H,23,24). The molecule has 25 heavy (non-hydrogen) atoms. The number of hydrogen-bond acceptors (Lipinski definition) is 4. The van der Waals surface area contributed by atoms with Crippen LogP contribution in [0.5, 0.6) is 5.75 Å². The molecular formula is C20H24N2O3. The molecule has 1 aliphatic rings. The van der Waals surface area contributed by atoms with Gasteiger partial charge in [0, 0.05) is 12.4 Å². The molecule has 1 fully saturated rings. The molecule has 1 aliphatic heterocycles. The number of likely N-dealkylation sites (tertiary alicyclic amines) is 1. The van der Waals surface area contributed by atoms with Gasteiger partial charge in [0.15, 0.2) is 0 Å². The maximum absolute atomic E-state index is 11.8. The maximum Gasteiger partial charge on any atom is 0.320 e. The fourth-order valence-electron chi connectivity index (χ4n) is 3.55. The average molecular weight is 340 g/mol. The zero-order valence-electron chi connectivity index (χ0n) is 14.5. The van der Waals surface area contributed by atoms with Gasteiger partial charge in [0.05, 0.1) is 12.6 Å². The van der Waals surface area contributed by atoms with Gasteiger partial charge in [-0.05, 0) is 55.6 Å². The zero-order chi connectivity index (χ0) is 17.6. The molecule has 1 aromatic carbocycles. The van der Waals surface area contributed by atoms with Crippen LogP contribution in [0.15, 0.2) is 48.8 Å².